The minimum Gasteiger partial charge on any atom is -0.495 e. The monoisotopic (exact) mass is 530 g/mol. The number of imide groups is 1. The van der Waals surface area contributed by atoms with Crippen LogP contribution in [0.15, 0.2) is 77.5 Å². The Morgan fingerprint density at radius 2 is 1.55 bits per heavy atom. The summed E-state index contributed by atoms with van der Waals surface area (Å²) in [7, 11) is 1.47. The average molecular weight is 531 g/mol. The minimum atomic E-state index is -0.644. The summed E-state index contributed by atoms with van der Waals surface area (Å²) in [5.74, 6) is -1.12. The molecule has 2 heterocycles. The number of nitrogens with one attached hydrogen (secondary N) is 2. The van der Waals surface area contributed by atoms with E-state index in [4.69, 9.17) is 16.3 Å². The van der Waals surface area contributed by atoms with Crippen molar-refractivity contribution < 1.29 is 19.1 Å². The lowest BCUT2D eigenvalue weighted by molar-refractivity contribution is -0.120. The van der Waals surface area contributed by atoms with Crippen molar-refractivity contribution >= 4 is 52.1 Å². The van der Waals surface area contributed by atoms with E-state index in [1.807, 2.05) is 37.3 Å². The Kier molecular flexibility index (Phi) is 7.07. The van der Waals surface area contributed by atoms with Crippen molar-refractivity contribution in [2.45, 2.75) is 19.8 Å². The number of benzene rings is 3. The van der Waals surface area contributed by atoms with Crippen LogP contribution < -0.4 is 25.2 Å². The summed E-state index contributed by atoms with van der Waals surface area (Å²) in [6.07, 6.45) is 2.41. The number of aryl methyl sites for hydroxylation is 1. The highest BCUT2D eigenvalue weighted by atomic mass is 35.5. The molecule has 1 fully saturated rings. The number of ether oxygens (including phenoxy) is 1. The van der Waals surface area contributed by atoms with Crippen molar-refractivity contribution in [3.05, 3.63) is 88.6 Å². The van der Waals surface area contributed by atoms with E-state index in [9.17, 15) is 14.4 Å². The van der Waals surface area contributed by atoms with Crippen LogP contribution in [0.3, 0.4) is 0 Å². The first-order valence-electron chi connectivity index (χ1n) is 12.3. The molecule has 3 amide bonds. The standard InChI is InChI=1S/C29H27ClN4O4/c1-18-5-14-24(38-2)23(17-18)34-28(36)25(30)26(29(34)37)31-20-8-6-19(7-9-20)27(35)32-21-10-12-22(13-11-21)33-15-3-4-16-33/h5-14,17,31H,3-4,15-16H2,1-2H3,(H,32,35). The van der Waals surface area contributed by atoms with E-state index in [-0.39, 0.29) is 16.6 Å². The van der Waals surface area contributed by atoms with Crippen LogP contribution in [0.2, 0.25) is 0 Å². The molecule has 2 N–H and O–H groups in total. The van der Waals surface area contributed by atoms with Gasteiger partial charge in [-0.3, -0.25) is 14.4 Å². The van der Waals surface area contributed by atoms with Crippen LogP contribution in [0.25, 0.3) is 0 Å². The van der Waals surface area contributed by atoms with Gasteiger partial charge in [-0.05, 0) is 86.0 Å². The van der Waals surface area contributed by atoms with Gasteiger partial charge in [0.25, 0.3) is 17.7 Å². The van der Waals surface area contributed by atoms with Gasteiger partial charge >= 0.3 is 0 Å². The second kappa shape index (κ2) is 10.6. The third-order valence-corrected chi connectivity index (χ3v) is 6.97. The van der Waals surface area contributed by atoms with Crippen molar-refractivity contribution in [2.75, 3.05) is 40.6 Å². The maximum atomic E-state index is 13.2. The van der Waals surface area contributed by atoms with Gasteiger partial charge in [-0.25, -0.2) is 4.90 Å². The summed E-state index contributed by atoms with van der Waals surface area (Å²) < 4.78 is 5.34. The zero-order valence-electron chi connectivity index (χ0n) is 21.1. The Bertz CT molecular complexity index is 1430. The molecule has 3 aromatic carbocycles. The Hall–Kier alpha value is -4.30. The number of halogens is 1. The second-order valence-electron chi connectivity index (χ2n) is 9.21. The van der Waals surface area contributed by atoms with E-state index >= 15 is 0 Å². The molecule has 3 aromatic rings. The molecule has 9 heteroatoms. The predicted octanol–water partition coefficient (Wildman–Crippen LogP) is 5.29. The molecule has 0 aromatic heterocycles. The molecule has 8 nitrogen and oxygen atoms in total. The lowest BCUT2D eigenvalue weighted by Gasteiger charge is -2.18. The molecule has 0 radical (unpaired) electrons. The summed E-state index contributed by atoms with van der Waals surface area (Å²) in [6, 6.07) is 19.6. The summed E-state index contributed by atoms with van der Waals surface area (Å²) >= 11 is 6.28. The molecule has 0 atom stereocenters. The lowest BCUT2D eigenvalue weighted by Crippen LogP contribution is -2.32. The third kappa shape index (κ3) is 4.95. The number of amides is 3. The number of nitrogens with zero attached hydrogens (tertiary/aromatic N) is 2. The normalized spacial score (nSPS) is 15.3. The Labute approximate surface area is 225 Å². The zero-order valence-corrected chi connectivity index (χ0v) is 21.8. The number of rotatable bonds is 7. The minimum absolute atomic E-state index is 0.0458. The first-order chi connectivity index (χ1) is 18.4. The lowest BCUT2D eigenvalue weighted by atomic mass is 10.1. The number of hydrogen-bond donors (Lipinski definition) is 2. The second-order valence-corrected chi connectivity index (χ2v) is 9.59. The van der Waals surface area contributed by atoms with Gasteiger partial charge in [0.1, 0.15) is 16.5 Å². The van der Waals surface area contributed by atoms with E-state index in [0.29, 0.717) is 28.4 Å². The van der Waals surface area contributed by atoms with Gasteiger partial charge in [-0.2, -0.15) is 0 Å². The van der Waals surface area contributed by atoms with E-state index < -0.39 is 11.8 Å². The molecule has 2 aliphatic heterocycles. The maximum absolute atomic E-state index is 13.2. The van der Waals surface area contributed by atoms with Crippen LogP contribution in [0.4, 0.5) is 22.7 Å². The SMILES string of the molecule is COc1ccc(C)cc1N1C(=O)C(Cl)=C(Nc2ccc(C(=O)Nc3ccc(N4CCCC4)cc3)cc2)C1=O. The highest BCUT2D eigenvalue weighted by molar-refractivity contribution is 6.53. The molecule has 0 saturated carbocycles. The largest absolute Gasteiger partial charge is 0.495 e. The van der Waals surface area contributed by atoms with Crippen LogP contribution in [0, 0.1) is 6.92 Å². The van der Waals surface area contributed by atoms with Crippen molar-refractivity contribution in [2.24, 2.45) is 0 Å². The molecular formula is C29H27ClN4O4. The van der Waals surface area contributed by atoms with E-state index in [2.05, 4.69) is 15.5 Å². The Morgan fingerprint density at radius 1 is 0.895 bits per heavy atom. The fraction of sp³-hybridized carbons (Fsp3) is 0.207. The fourth-order valence-corrected chi connectivity index (χ4v) is 4.80. The highest BCUT2D eigenvalue weighted by Gasteiger charge is 2.40. The number of hydrogen-bond acceptors (Lipinski definition) is 6. The fourth-order valence-electron chi connectivity index (χ4n) is 4.59. The molecule has 194 valence electrons. The quantitative estimate of drug-likeness (QED) is 0.403. The predicted molar refractivity (Wildman–Crippen MR) is 149 cm³/mol. The van der Waals surface area contributed by atoms with Crippen LogP contribution in [-0.2, 0) is 9.59 Å². The van der Waals surface area contributed by atoms with Gasteiger partial charge in [-0.15, -0.1) is 0 Å². The van der Waals surface area contributed by atoms with Gasteiger partial charge in [-0.1, -0.05) is 17.7 Å². The summed E-state index contributed by atoms with van der Waals surface area (Å²) in [5.41, 5.74) is 3.94. The van der Waals surface area contributed by atoms with Crippen molar-refractivity contribution in [3.8, 4) is 5.75 Å². The summed E-state index contributed by atoms with van der Waals surface area (Å²) in [5, 5.41) is 5.61. The van der Waals surface area contributed by atoms with Gasteiger partial charge in [0.15, 0.2) is 0 Å². The van der Waals surface area contributed by atoms with Crippen LogP contribution in [0.1, 0.15) is 28.8 Å². The topological polar surface area (TPSA) is 91.0 Å². The number of carbonyl (C=O) groups excluding carboxylic acids is 3. The molecule has 0 aliphatic carbocycles. The van der Waals surface area contributed by atoms with Crippen molar-refractivity contribution in [3.63, 3.8) is 0 Å². The summed E-state index contributed by atoms with van der Waals surface area (Å²) in [4.78, 5) is 42.1. The maximum Gasteiger partial charge on any atom is 0.283 e. The first kappa shape index (κ1) is 25.4. The number of methoxy groups -OCH3 is 1. The van der Waals surface area contributed by atoms with Crippen molar-refractivity contribution in [1.29, 1.82) is 0 Å². The molecule has 38 heavy (non-hydrogen) atoms. The number of anilines is 4. The number of carbonyl (C=O) groups is 3. The van der Waals surface area contributed by atoms with E-state index in [1.54, 1.807) is 36.4 Å². The Balaban J connectivity index is 1.26. The van der Waals surface area contributed by atoms with Crippen LogP contribution >= 0.6 is 11.6 Å². The van der Waals surface area contributed by atoms with Crippen LogP contribution in [0.5, 0.6) is 5.75 Å². The zero-order chi connectivity index (χ0) is 26.8. The third-order valence-electron chi connectivity index (χ3n) is 6.62. The molecular weight excluding hydrogens is 504 g/mol. The average Bonchev–Trinajstić information content (AvgIpc) is 3.53. The van der Waals surface area contributed by atoms with Crippen molar-refractivity contribution in [1.82, 2.24) is 0 Å². The molecule has 0 spiro atoms. The first-order valence-corrected chi connectivity index (χ1v) is 12.7. The molecule has 5 rings (SSSR count). The van der Waals surface area contributed by atoms with Gasteiger partial charge in [0.2, 0.25) is 0 Å². The van der Waals surface area contributed by atoms with E-state index in [1.165, 1.54) is 20.0 Å². The van der Waals surface area contributed by atoms with Crippen LogP contribution in [-0.4, -0.2) is 37.9 Å². The van der Waals surface area contributed by atoms with Gasteiger partial charge < -0.3 is 20.3 Å². The van der Waals surface area contributed by atoms with E-state index in [0.717, 1.165) is 29.2 Å². The summed E-state index contributed by atoms with van der Waals surface area (Å²) in [6.45, 7) is 3.97. The van der Waals surface area contributed by atoms with Gasteiger partial charge in [0, 0.05) is 35.7 Å². The molecule has 0 unspecified atom stereocenters. The Morgan fingerprint density at radius 3 is 2.21 bits per heavy atom. The molecule has 1 saturated heterocycles. The van der Waals surface area contributed by atoms with Gasteiger partial charge in [0.05, 0.1) is 12.8 Å². The highest BCUT2D eigenvalue weighted by Crippen LogP contribution is 2.36. The smallest absolute Gasteiger partial charge is 0.283 e. The molecule has 0 bridgehead atoms. The molecule has 2 aliphatic rings.